The van der Waals surface area contributed by atoms with Gasteiger partial charge in [0.15, 0.2) is 6.23 Å². The molecule has 2 N–H and O–H groups in total. The van der Waals surface area contributed by atoms with E-state index in [9.17, 15) is 5.11 Å². The van der Waals surface area contributed by atoms with Crippen LogP contribution in [-0.4, -0.2) is 23.5 Å². The minimum atomic E-state index is -0.626. The third-order valence-electron chi connectivity index (χ3n) is 4.89. The number of aryl methyl sites for hydroxylation is 1. The van der Waals surface area contributed by atoms with Gasteiger partial charge < -0.3 is 14.3 Å². The molecular weight excluding hydrogens is 314 g/mol. The van der Waals surface area contributed by atoms with E-state index in [0.717, 1.165) is 36.0 Å². The lowest BCUT2D eigenvalue weighted by molar-refractivity contribution is 0.0189. The van der Waals surface area contributed by atoms with Crippen LogP contribution in [0.15, 0.2) is 59.2 Å². The topological polar surface area (TPSA) is 54.6 Å². The molecule has 1 aliphatic carbocycles. The predicted molar refractivity (Wildman–Crippen MR) is 97.7 cm³/mol. The van der Waals surface area contributed by atoms with Crippen molar-refractivity contribution in [3.8, 4) is 5.75 Å². The molecule has 3 unspecified atom stereocenters. The van der Waals surface area contributed by atoms with Crippen molar-refractivity contribution in [2.75, 3.05) is 0 Å². The lowest BCUT2D eigenvalue weighted by Gasteiger charge is -2.31. The fourth-order valence-electron chi connectivity index (χ4n) is 3.55. The zero-order valence-corrected chi connectivity index (χ0v) is 14.3. The Kier molecular flexibility index (Phi) is 4.47. The molecule has 130 valence electrons. The van der Waals surface area contributed by atoms with E-state index >= 15 is 0 Å². The van der Waals surface area contributed by atoms with Gasteiger partial charge in [0.1, 0.15) is 17.4 Å². The molecule has 1 heterocycles. The molecule has 4 heteroatoms. The highest BCUT2D eigenvalue weighted by atomic mass is 16.5. The van der Waals surface area contributed by atoms with Crippen molar-refractivity contribution in [2.45, 2.75) is 44.6 Å². The van der Waals surface area contributed by atoms with Crippen LogP contribution in [0.5, 0.6) is 5.75 Å². The largest absolute Gasteiger partial charge is 0.472 e. The first-order chi connectivity index (χ1) is 12.2. The second kappa shape index (κ2) is 6.90. The van der Waals surface area contributed by atoms with Gasteiger partial charge in [-0.2, -0.15) is 0 Å². The van der Waals surface area contributed by atoms with Crippen LogP contribution >= 0.6 is 0 Å². The lowest BCUT2D eigenvalue weighted by Crippen LogP contribution is -2.49. The molecule has 0 spiro atoms. The first-order valence-corrected chi connectivity index (χ1v) is 8.84. The van der Waals surface area contributed by atoms with Crippen LogP contribution < -0.4 is 10.1 Å². The second-order valence-corrected chi connectivity index (χ2v) is 6.74. The molecule has 3 atom stereocenters. The zero-order valence-electron chi connectivity index (χ0n) is 14.3. The number of hydrogen-bond donors (Lipinski definition) is 2. The molecule has 1 aliphatic rings. The summed E-state index contributed by atoms with van der Waals surface area (Å²) in [6.07, 6.45) is 3.62. The fraction of sp³-hybridized carbons (Fsp3) is 0.333. The molecule has 0 saturated heterocycles. The average Bonchev–Trinajstić information content (AvgIpc) is 3.10. The summed E-state index contributed by atoms with van der Waals surface area (Å²) in [6, 6.07) is 16.5. The van der Waals surface area contributed by atoms with E-state index in [2.05, 4.69) is 29.6 Å². The molecule has 0 radical (unpaired) electrons. The standard InChI is InChI=1S/C21H23NO3/c1-14(23)21(25-20-8-4-7-19-18(20)11-12-24-19)22-17-10-9-15-5-2-3-6-16(15)13-17/h2-8,11-12,14,17,21-23H,9-10,13H2,1H3. The molecule has 0 fully saturated rings. The van der Waals surface area contributed by atoms with Gasteiger partial charge in [-0.3, -0.25) is 5.32 Å². The smallest absolute Gasteiger partial charge is 0.176 e. The first-order valence-electron chi connectivity index (χ1n) is 8.84. The van der Waals surface area contributed by atoms with Gasteiger partial charge in [-0.25, -0.2) is 0 Å². The van der Waals surface area contributed by atoms with Crippen molar-refractivity contribution in [1.82, 2.24) is 5.32 Å². The van der Waals surface area contributed by atoms with Crippen LogP contribution in [0.1, 0.15) is 24.5 Å². The van der Waals surface area contributed by atoms with Crippen LogP contribution in [-0.2, 0) is 12.8 Å². The summed E-state index contributed by atoms with van der Waals surface area (Å²) in [7, 11) is 0. The SMILES string of the molecule is CC(O)C(NC1CCc2ccccc2C1)Oc1cccc2occc12. The molecule has 2 aromatic carbocycles. The summed E-state index contributed by atoms with van der Waals surface area (Å²) in [6.45, 7) is 1.75. The number of hydrogen-bond acceptors (Lipinski definition) is 4. The molecule has 0 saturated carbocycles. The van der Waals surface area contributed by atoms with Gasteiger partial charge in [0.05, 0.1) is 11.6 Å². The number of aliphatic hydroxyl groups is 1. The number of benzene rings is 2. The van der Waals surface area contributed by atoms with E-state index in [4.69, 9.17) is 9.15 Å². The van der Waals surface area contributed by atoms with Gasteiger partial charge in [-0.15, -0.1) is 0 Å². The van der Waals surface area contributed by atoms with E-state index in [1.165, 1.54) is 11.1 Å². The molecule has 4 nitrogen and oxygen atoms in total. The summed E-state index contributed by atoms with van der Waals surface area (Å²) in [5, 5.41) is 14.6. The summed E-state index contributed by atoms with van der Waals surface area (Å²) in [5.74, 6) is 0.723. The lowest BCUT2D eigenvalue weighted by atomic mass is 9.88. The Morgan fingerprint density at radius 1 is 1.12 bits per heavy atom. The third kappa shape index (κ3) is 3.41. The van der Waals surface area contributed by atoms with Crippen molar-refractivity contribution < 1.29 is 14.3 Å². The minimum Gasteiger partial charge on any atom is -0.472 e. The maximum atomic E-state index is 10.2. The van der Waals surface area contributed by atoms with Crippen LogP contribution in [0.25, 0.3) is 11.0 Å². The average molecular weight is 337 g/mol. The van der Waals surface area contributed by atoms with Gasteiger partial charge in [0.25, 0.3) is 0 Å². The first kappa shape index (κ1) is 16.2. The summed E-state index contributed by atoms with van der Waals surface area (Å²) < 4.78 is 11.5. The van der Waals surface area contributed by atoms with Gasteiger partial charge in [0.2, 0.25) is 0 Å². The Balaban J connectivity index is 1.50. The Bertz CT molecular complexity index is 855. The summed E-state index contributed by atoms with van der Waals surface area (Å²) in [4.78, 5) is 0. The summed E-state index contributed by atoms with van der Waals surface area (Å²) >= 11 is 0. The van der Waals surface area contributed by atoms with Crippen molar-refractivity contribution in [1.29, 1.82) is 0 Å². The van der Waals surface area contributed by atoms with E-state index < -0.39 is 12.3 Å². The third-order valence-corrected chi connectivity index (χ3v) is 4.89. The van der Waals surface area contributed by atoms with Crippen molar-refractivity contribution in [2.24, 2.45) is 0 Å². The zero-order chi connectivity index (χ0) is 17.2. The maximum absolute atomic E-state index is 10.2. The molecule has 25 heavy (non-hydrogen) atoms. The Hall–Kier alpha value is -2.30. The predicted octanol–water partition coefficient (Wildman–Crippen LogP) is 3.67. The summed E-state index contributed by atoms with van der Waals surface area (Å²) in [5.41, 5.74) is 3.60. The maximum Gasteiger partial charge on any atom is 0.176 e. The van der Waals surface area contributed by atoms with Crippen molar-refractivity contribution in [3.05, 3.63) is 65.9 Å². The van der Waals surface area contributed by atoms with Crippen LogP contribution in [0, 0.1) is 0 Å². The highest BCUT2D eigenvalue weighted by molar-refractivity contribution is 5.83. The molecule has 0 amide bonds. The highest BCUT2D eigenvalue weighted by Gasteiger charge is 2.25. The number of nitrogens with one attached hydrogen (secondary N) is 1. The van der Waals surface area contributed by atoms with Gasteiger partial charge in [-0.05, 0) is 55.5 Å². The molecule has 0 aliphatic heterocycles. The minimum absolute atomic E-state index is 0.290. The second-order valence-electron chi connectivity index (χ2n) is 6.74. The molecule has 3 aromatic rings. The van der Waals surface area contributed by atoms with Gasteiger partial charge >= 0.3 is 0 Å². The van der Waals surface area contributed by atoms with E-state index in [-0.39, 0.29) is 6.04 Å². The quantitative estimate of drug-likeness (QED) is 0.698. The molecule has 1 aromatic heterocycles. The van der Waals surface area contributed by atoms with Gasteiger partial charge in [0, 0.05) is 6.04 Å². The highest BCUT2D eigenvalue weighted by Crippen LogP contribution is 2.28. The van der Waals surface area contributed by atoms with E-state index in [1.807, 2.05) is 24.3 Å². The van der Waals surface area contributed by atoms with Crippen molar-refractivity contribution in [3.63, 3.8) is 0 Å². The monoisotopic (exact) mass is 337 g/mol. The van der Waals surface area contributed by atoms with E-state index in [0.29, 0.717) is 0 Å². The number of aliphatic hydroxyl groups excluding tert-OH is 1. The molecule has 0 bridgehead atoms. The Morgan fingerprint density at radius 2 is 1.96 bits per heavy atom. The fourth-order valence-corrected chi connectivity index (χ4v) is 3.55. The van der Waals surface area contributed by atoms with Gasteiger partial charge in [-0.1, -0.05) is 30.3 Å². The van der Waals surface area contributed by atoms with Crippen molar-refractivity contribution >= 4 is 11.0 Å². The molecule has 4 rings (SSSR count). The van der Waals surface area contributed by atoms with Crippen LogP contribution in [0.2, 0.25) is 0 Å². The number of ether oxygens (including phenoxy) is 1. The van der Waals surface area contributed by atoms with Crippen LogP contribution in [0.3, 0.4) is 0 Å². The Morgan fingerprint density at radius 3 is 2.80 bits per heavy atom. The normalized spacial score (nSPS) is 19.4. The van der Waals surface area contributed by atoms with Crippen LogP contribution in [0.4, 0.5) is 0 Å². The Labute approximate surface area is 147 Å². The molecular formula is C21H23NO3. The number of rotatable bonds is 5. The number of fused-ring (bicyclic) bond motifs is 2. The number of furan rings is 1. The van der Waals surface area contributed by atoms with E-state index in [1.54, 1.807) is 13.2 Å².